The Kier molecular flexibility index (Phi) is 5.91. The number of sulfonamides is 1. The Morgan fingerprint density at radius 3 is 2.26 bits per heavy atom. The van der Waals surface area contributed by atoms with Crippen molar-refractivity contribution in [3.8, 4) is 0 Å². The van der Waals surface area contributed by atoms with Gasteiger partial charge in [-0.3, -0.25) is 9.59 Å². The van der Waals surface area contributed by atoms with E-state index in [0.29, 0.717) is 12.2 Å². The quantitative estimate of drug-likeness (QED) is 0.444. The summed E-state index contributed by atoms with van der Waals surface area (Å²) in [6.45, 7) is 1.23. The minimum Gasteiger partial charge on any atom is -0.438 e. The average molecular weight is 493 g/mol. The van der Waals surface area contributed by atoms with Crippen LogP contribution in [-0.2, 0) is 16.6 Å². The molecule has 0 atom stereocenters. The molecule has 1 aliphatic heterocycles. The van der Waals surface area contributed by atoms with Gasteiger partial charge in [-0.15, -0.1) is 0 Å². The molecule has 2 aromatic heterocycles. The van der Waals surface area contributed by atoms with Gasteiger partial charge < -0.3 is 19.6 Å². The Labute approximate surface area is 202 Å². The van der Waals surface area contributed by atoms with Gasteiger partial charge in [0.15, 0.2) is 5.76 Å². The standard InChI is InChI=1S/C25H24N4O5S/c26-24(30)22-10-11-23(34-22)35(32,33)28-14-12-27(13-15-28)25(31)21-16-19-8-4-5-9-20(19)29(21)17-18-6-2-1-3-7-18/h1-11,16H,12-15,17H2,(H2,26,30). The third kappa shape index (κ3) is 4.33. The maximum absolute atomic E-state index is 13.6. The molecule has 2 N–H and O–H groups in total. The number of primary amides is 1. The molecule has 3 heterocycles. The van der Waals surface area contributed by atoms with Gasteiger partial charge in [-0.2, -0.15) is 4.31 Å². The largest absolute Gasteiger partial charge is 0.438 e. The maximum atomic E-state index is 13.6. The highest BCUT2D eigenvalue weighted by molar-refractivity contribution is 7.89. The molecule has 0 aliphatic carbocycles. The van der Waals surface area contributed by atoms with Crippen LogP contribution < -0.4 is 5.73 Å². The molecular formula is C25H24N4O5S. The molecule has 0 unspecified atom stereocenters. The van der Waals surface area contributed by atoms with E-state index in [9.17, 15) is 18.0 Å². The fourth-order valence-electron chi connectivity index (χ4n) is 4.34. The van der Waals surface area contributed by atoms with Crippen molar-refractivity contribution in [1.29, 1.82) is 0 Å². The van der Waals surface area contributed by atoms with E-state index in [1.165, 1.54) is 16.4 Å². The van der Waals surface area contributed by atoms with Crippen LogP contribution in [0.4, 0.5) is 0 Å². The summed E-state index contributed by atoms with van der Waals surface area (Å²) >= 11 is 0. The summed E-state index contributed by atoms with van der Waals surface area (Å²) in [7, 11) is -3.94. The highest BCUT2D eigenvalue weighted by Gasteiger charge is 2.33. The van der Waals surface area contributed by atoms with Crippen LogP contribution in [0.25, 0.3) is 10.9 Å². The molecule has 10 heteroatoms. The number of piperazine rings is 1. The highest BCUT2D eigenvalue weighted by Crippen LogP contribution is 2.25. The first kappa shape index (κ1) is 22.9. The number of carbonyl (C=O) groups is 2. The number of rotatable bonds is 6. The number of para-hydroxylation sites is 1. The van der Waals surface area contributed by atoms with Crippen molar-refractivity contribution in [3.63, 3.8) is 0 Å². The van der Waals surface area contributed by atoms with Crippen molar-refractivity contribution in [3.05, 3.63) is 89.8 Å². The van der Waals surface area contributed by atoms with Crippen molar-refractivity contribution in [1.82, 2.24) is 13.8 Å². The van der Waals surface area contributed by atoms with Crippen molar-refractivity contribution in [2.75, 3.05) is 26.2 Å². The van der Waals surface area contributed by atoms with Crippen molar-refractivity contribution < 1.29 is 22.4 Å². The second-order valence-corrected chi connectivity index (χ2v) is 10.2. The second-order valence-electron chi connectivity index (χ2n) is 8.34. The van der Waals surface area contributed by atoms with Crippen LogP contribution in [0.2, 0.25) is 0 Å². The van der Waals surface area contributed by atoms with E-state index >= 15 is 0 Å². The molecule has 0 bridgehead atoms. The number of nitrogens with two attached hydrogens (primary N) is 1. The lowest BCUT2D eigenvalue weighted by atomic mass is 10.2. The number of furan rings is 1. The van der Waals surface area contributed by atoms with Crippen LogP contribution in [0.5, 0.6) is 0 Å². The normalized spacial score (nSPS) is 14.9. The Balaban J connectivity index is 1.36. The molecule has 1 aliphatic rings. The number of carbonyl (C=O) groups excluding carboxylic acids is 2. The fraction of sp³-hybridized carbons (Fsp3) is 0.200. The Hall–Kier alpha value is -3.89. The molecule has 1 fully saturated rings. The maximum Gasteiger partial charge on any atom is 0.284 e. The van der Waals surface area contributed by atoms with E-state index in [4.69, 9.17) is 10.2 Å². The number of benzene rings is 2. The van der Waals surface area contributed by atoms with Crippen LogP contribution in [0.3, 0.4) is 0 Å². The summed E-state index contributed by atoms with van der Waals surface area (Å²) in [6, 6.07) is 22.1. The number of amides is 2. The van der Waals surface area contributed by atoms with Crippen molar-refractivity contribution in [2.24, 2.45) is 5.73 Å². The minimum atomic E-state index is -3.94. The molecule has 0 radical (unpaired) electrons. The second kappa shape index (κ2) is 9.05. The molecule has 35 heavy (non-hydrogen) atoms. The lowest BCUT2D eigenvalue weighted by molar-refractivity contribution is 0.0686. The summed E-state index contributed by atoms with van der Waals surface area (Å²) in [4.78, 5) is 26.5. The molecule has 0 saturated carbocycles. The third-order valence-electron chi connectivity index (χ3n) is 6.16. The van der Waals surface area contributed by atoms with E-state index < -0.39 is 15.9 Å². The predicted octanol–water partition coefficient (Wildman–Crippen LogP) is 2.53. The summed E-state index contributed by atoms with van der Waals surface area (Å²) < 4.78 is 34.2. The minimum absolute atomic E-state index is 0.111. The highest BCUT2D eigenvalue weighted by atomic mass is 32.2. The molecule has 0 spiro atoms. The summed E-state index contributed by atoms with van der Waals surface area (Å²) in [5.74, 6) is -1.21. The number of fused-ring (bicyclic) bond motifs is 1. The summed E-state index contributed by atoms with van der Waals surface area (Å²) in [5.41, 5.74) is 7.75. The molecule has 2 amide bonds. The van der Waals surface area contributed by atoms with Gasteiger partial charge in [-0.1, -0.05) is 48.5 Å². The van der Waals surface area contributed by atoms with Crippen molar-refractivity contribution >= 4 is 32.7 Å². The predicted molar refractivity (Wildman–Crippen MR) is 129 cm³/mol. The van der Waals surface area contributed by atoms with E-state index in [2.05, 4.69) is 0 Å². The van der Waals surface area contributed by atoms with E-state index in [0.717, 1.165) is 16.5 Å². The molecule has 180 valence electrons. The van der Waals surface area contributed by atoms with Gasteiger partial charge in [-0.05, 0) is 29.8 Å². The molecule has 5 rings (SSSR count). The summed E-state index contributed by atoms with van der Waals surface area (Å²) in [5, 5.41) is 0.630. The van der Waals surface area contributed by atoms with Gasteiger partial charge in [0.25, 0.3) is 21.8 Å². The Morgan fingerprint density at radius 2 is 1.57 bits per heavy atom. The van der Waals surface area contributed by atoms with Crippen LogP contribution in [0.15, 0.2) is 82.3 Å². The zero-order chi connectivity index (χ0) is 24.6. The smallest absolute Gasteiger partial charge is 0.284 e. The molecule has 9 nitrogen and oxygen atoms in total. The first-order valence-electron chi connectivity index (χ1n) is 11.2. The van der Waals surface area contributed by atoms with Crippen LogP contribution in [-0.4, -0.2) is 60.2 Å². The van der Waals surface area contributed by atoms with Crippen molar-refractivity contribution in [2.45, 2.75) is 11.6 Å². The van der Waals surface area contributed by atoms with Gasteiger partial charge in [0.2, 0.25) is 5.09 Å². The summed E-state index contributed by atoms with van der Waals surface area (Å²) in [6.07, 6.45) is 0. The molecule has 1 saturated heterocycles. The zero-order valence-corrected chi connectivity index (χ0v) is 19.6. The average Bonchev–Trinajstić information content (AvgIpc) is 3.51. The number of hydrogen-bond acceptors (Lipinski definition) is 5. The first-order chi connectivity index (χ1) is 16.8. The molecular weight excluding hydrogens is 468 g/mol. The lowest BCUT2D eigenvalue weighted by Gasteiger charge is -2.33. The van der Waals surface area contributed by atoms with Gasteiger partial charge >= 0.3 is 0 Å². The molecule has 4 aromatic rings. The zero-order valence-electron chi connectivity index (χ0n) is 18.8. The lowest BCUT2D eigenvalue weighted by Crippen LogP contribution is -2.50. The van der Waals surface area contributed by atoms with Crippen LogP contribution in [0, 0.1) is 0 Å². The topological polar surface area (TPSA) is 119 Å². The molecule has 2 aromatic carbocycles. The van der Waals surface area contributed by atoms with E-state index in [1.54, 1.807) is 4.90 Å². The Bertz CT molecular complexity index is 1500. The van der Waals surface area contributed by atoms with Gasteiger partial charge in [0, 0.05) is 43.6 Å². The SMILES string of the molecule is NC(=O)c1ccc(S(=O)(=O)N2CCN(C(=O)c3cc4ccccc4n3Cc3ccccc3)CC2)o1. The number of aromatic nitrogens is 1. The number of hydrogen-bond donors (Lipinski definition) is 1. The monoisotopic (exact) mass is 492 g/mol. The van der Waals surface area contributed by atoms with Gasteiger partial charge in [0.05, 0.1) is 0 Å². The van der Waals surface area contributed by atoms with E-state index in [1.807, 2.05) is 65.2 Å². The van der Waals surface area contributed by atoms with Crippen LogP contribution >= 0.6 is 0 Å². The number of nitrogens with zero attached hydrogens (tertiary/aromatic N) is 3. The fourth-order valence-corrected chi connectivity index (χ4v) is 5.67. The van der Waals surface area contributed by atoms with Crippen LogP contribution in [0.1, 0.15) is 26.6 Å². The third-order valence-corrected chi connectivity index (χ3v) is 7.93. The van der Waals surface area contributed by atoms with Gasteiger partial charge in [0.1, 0.15) is 5.69 Å². The van der Waals surface area contributed by atoms with Gasteiger partial charge in [-0.25, -0.2) is 8.42 Å². The van der Waals surface area contributed by atoms with E-state index in [-0.39, 0.29) is 42.9 Å². The first-order valence-corrected chi connectivity index (χ1v) is 12.6. The Morgan fingerprint density at radius 1 is 0.886 bits per heavy atom.